The van der Waals surface area contributed by atoms with Gasteiger partial charge in [-0.15, -0.1) is 0 Å². The molecule has 1 fully saturated rings. The number of nitrogens with zero attached hydrogens (tertiary/aromatic N) is 2. The quantitative estimate of drug-likeness (QED) is 0.564. The van der Waals surface area contributed by atoms with Gasteiger partial charge in [-0.25, -0.2) is 9.97 Å². The molecule has 1 aromatic rings. The Morgan fingerprint density at radius 3 is 2.27 bits per heavy atom. The first-order valence-corrected chi connectivity index (χ1v) is 9.28. The summed E-state index contributed by atoms with van der Waals surface area (Å²) in [6.07, 6.45) is 16.7. The van der Waals surface area contributed by atoms with Crippen molar-refractivity contribution in [1.82, 2.24) is 9.97 Å². The molecule has 124 valence electrons. The second-order valence-electron chi connectivity index (χ2n) is 6.69. The van der Waals surface area contributed by atoms with Gasteiger partial charge in [-0.05, 0) is 38.0 Å². The predicted molar refractivity (Wildman–Crippen MR) is 91.3 cm³/mol. The van der Waals surface area contributed by atoms with Gasteiger partial charge in [0.25, 0.3) is 0 Å². The number of unbranched alkanes of at least 4 members (excludes halogenated alkanes) is 3. The molecule has 1 aromatic heterocycles. The van der Waals surface area contributed by atoms with E-state index in [2.05, 4.69) is 23.8 Å². The number of hydrogen-bond acceptors (Lipinski definition) is 3. The normalized spacial score (nSPS) is 21.7. The molecule has 0 saturated heterocycles. The minimum absolute atomic E-state index is 0.562. The molecule has 1 aliphatic rings. The van der Waals surface area contributed by atoms with Crippen LogP contribution in [-0.2, 0) is 0 Å². The van der Waals surface area contributed by atoms with Gasteiger partial charge in [0.05, 0.1) is 19.0 Å². The average Bonchev–Trinajstić information content (AvgIpc) is 2.57. The minimum atomic E-state index is 0.562. The lowest BCUT2D eigenvalue weighted by molar-refractivity contribution is 0.293. The molecular weight excluding hydrogens is 272 g/mol. The van der Waals surface area contributed by atoms with E-state index in [9.17, 15) is 0 Å². The Kier molecular flexibility index (Phi) is 7.68. The van der Waals surface area contributed by atoms with Crippen LogP contribution in [0.4, 0.5) is 0 Å². The third-order valence-electron chi connectivity index (χ3n) is 4.84. The summed E-state index contributed by atoms with van der Waals surface area (Å²) in [7, 11) is 0. The molecule has 0 atom stereocenters. The molecule has 0 amide bonds. The van der Waals surface area contributed by atoms with Gasteiger partial charge in [0.1, 0.15) is 5.82 Å². The van der Waals surface area contributed by atoms with Crippen molar-refractivity contribution in [2.45, 2.75) is 84.0 Å². The zero-order valence-corrected chi connectivity index (χ0v) is 14.4. The molecule has 0 spiro atoms. The van der Waals surface area contributed by atoms with Crippen LogP contribution in [0.3, 0.4) is 0 Å². The molecule has 0 aliphatic heterocycles. The van der Waals surface area contributed by atoms with Crippen LogP contribution in [0.25, 0.3) is 0 Å². The molecule has 2 rings (SSSR count). The van der Waals surface area contributed by atoms with Gasteiger partial charge in [-0.3, -0.25) is 0 Å². The maximum absolute atomic E-state index is 5.64. The van der Waals surface area contributed by atoms with Gasteiger partial charge in [0.15, 0.2) is 5.75 Å². The number of ether oxygens (including phenoxy) is 1. The fourth-order valence-corrected chi connectivity index (χ4v) is 3.34. The highest BCUT2D eigenvalue weighted by atomic mass is 16.5. The molecule has 0 radical (unpaired) electrons. The Balaban J connectivity index is 1.74. The third-order valence-corrected chi connectivity index (χ3v) is 4.84. The van der Waals surface area contributed by atoms with E-state index in [1.54, 1.807) is 0 Å². The molecule has 1 heterocycles. The lowest BCUT2D eigenvalue weighted by atomic mass is 9.79. The molecule has 0 aromatic carbocycles. The molecule has 3 nitrogen and oxygen atoms in total. The topological polar surface area (TPSA) is 35.0 Å². The second kappa shape index (κ2) is 9.81. The smallest absolute Gasteiger partial charge is 0.155 e. The van der Waals surface area contributed by atoms with Crippen molar-refractivity contribution >= 4 is 0 Å². The van der Waals surface area contributed by atoms with E-state index in [4.69, 9.17) is 4.74 Å². The van der Waals surface area contributed by atoms with Crippen molar-refractivity contribution in [3.8, 4) is 5.75 Å². The van der Waals surface area contributed by atoms with E-state index in [1.807, 2.05) is 12.4 Å². The molecule has 0 bridgehead atoms. The Bertz CT molecular complexity index is 396. The lowest BCUT2D eigenvalue weighted by Gasteiger charge is -2.27. The lowest BCUT2D eigenvalue weighted by Crippen LogP contribution is -2.15. The van der Waals surface area contributed by atoms with Crippen molar-refractivity contribution in [3.05, 3.63) is 18.2 Å². The van der Waals surface area contributed by atoms with Gasteiger partial charge in [0, 0.05) is 5.92 Å². The van der Waals surface area contributed by atoms with Crippen molar-refractivity contribution in [2.75, 3.05) is 6.61 Å². The van der Waals surface area contributed by atoms with Crippen LogP contribution in [-0.4, -0.2) is 16.6 Å². The van der Waals surface area contributed by atoms with E-state index in [0.717, 1.165) is 36.9 Å². The fraction of sp³-hybridized carbons (Fsp3) is 0.789. The van der Waals surface area contributed by atoms with Crippen LogP contribution in [0.2, 0.25) is 0 Å². The minimum Gasteiger partial charge on any atom is -0.490 e. The van der Waals surface area contributed by atoms with Crippen molar-refractivity contribution in [3.63, 3.8) is 0 Å². The summed E-state index contributed by atoms with van der Waals surface area (Å²) in [4.78, 5) is 9.09. The largest absolute Gasteiger partial charge is 0.490 e. The second-order valence-corrected chi connectivity index (χ2v) is 6.69. The van der Waals surface area contributed by atoms with Crippen molar-refractivity contribution in [2.24, 2.45) is 5.92 Å². The predicted octanol–water partition coefficient (Wildman–Crippen LogP) is 5.51. The van der Waals surface area contributed by atoms with Gasteiger partial charge in [-0.2, -0.15) is 0 Å². The SMILES string of the molecule is CCCCC[C@H]1CC[C@H](c2ncc(OCCCC)cn2)CC1. The first-order chi connectivity index (χ1) is 10.8. The van der Waals surface area contributed by atoms with E-state index < -0.39 is 0 Å². The summed E-state index contributed by atoms with van der Waals surface area (Å²) < 4.78 is 5.64. The third kappa shape index (κ3) is 5.58. The van der Waals surface area contributed by atoms with E-state index in [1.165, 1.54) is 51.4 Å². The summed E-state index contributed by atoms with van der Waals surface area (Å²) in [5.41, 5.74) is 0. The molecule has 3 heteroatoms. The summed E-state index contributed by atoms with van der Waals surface area (Å²) in [5.74, 6) is 3.34. The Morgan fingerprint density at radius 2 is 1.64 bits per heavy atom. The first-order valence-electron chi connectivity index (χ1n) is 9.28. The highest BCUT2D eigenvalue weighted by molar-refractivity contribution is 5.14. The summed E-state index contributed by atoms with van der Waals surface area (Å²) in [5, 5.41) is 0. The van der Waals surface area contributed by atoms with Gasteiger partial charge >= 0.3 is 0 Å². The number of rotatable bonds is 9. The molecular formula is C19H32N2O. The summed E-state index contributed by atoms with van der Waals surface area (Å²) in [6, 6.07) is 0. The number of aromatic nitrogens is 2. The molecule has 22 heavy (non-hydrogen) atoms. The highest BCUT2D eigenvalue weighted by Gasteiger charge is 2.23. The van der Waals surface area contributed by atoms with Crippen molar-refractivity contribution in [1.29, 1.82) is 0 Å². The van der Waals surface area contributed by atoms with Crippen molar-refractivity contribution < 1.29 is 4.74 Å². The van der Waals surface area contributed by atoms with Crippen LogP contribution < -0.4 is 4.74 Å². The Hall–Kier alpha value is -1.12. The molecule has 1 saturated carbocycles. The molecule has 0 N–H and O–H groups in total. The van der Waals surface area contributed by atoms with Gasteiger partial charge in [0.2, 0.25) is 0 Å². The molecule has 0 unspecified atom stereocenters. The van der Waals surface area contributed by atoms with Gasteiger partial charge in [-0.1, -0.05) is 46.0 Å². The highest BCUT2D eigenvalue weighted by Crippen LogP contribution is 2.36. The standard InChI is InChI=1S/C19H32N2O/c1-3-5-7-8-16-9-11-17(12-10-16)19-20-14-18(15-21-19)22-13-6-4-2/h14-17H,3-13H2,1-2H3/t16-,17-. The summed E-state index contributed by atoms with van der Waals surface area (Å²) >= 11 is 0. The zero-order valence-electron chi connectivity index (χ0n) is 14.4. The number of hydrogen-bond donors (Lipinski definition) is 0. The Labute approximate surface area is 135 Å². The van der Waals surface area contributed by atoms with E-state index in [0.29, 0.717) is 5.92 Å². The Morgan fingerprint density at radius 1 is 0.955 bits per heavy atom. The van der Waals surface area contributed by atoms with E-state index in [-0.39, 0.29) is 0 Å². The monoisotopic (exact) mass is 304 g/mol. The van der Waals surface area contributed by atoms with E-state index >= 15 is 0 Å². The van der Waals surface area contributed by atoms with Gasteiger partial charge < -0.3 is 4.74 Å². The van der Waals surface area contributed by atoms with Crippen LogP contribution in [0, 0.1) is 5.92 Å². The van der Waals surface area contributed by atoms with Crippen LogP contribution in [0.5, 0.6) is 5.75 Å². The first kappa shape index (κ1) is 17.2. The maximum Gasteiger partial charge on any atom is 0.155 e. The fourth-order valence-electron chi connectivity index (χ4n) is 3.34. The van der Waals surface area contributed by atoms with Crippen LogP contribution in [0.1, 0.15) is 89.8 Å². The van der Waals surface area contributed by atoms with Crippen LogP contribution in [0.15, 0.2) is 12.4 Å². The zero-order chi connectivity index (χ0) is 15.6. The average molecular weight is 304 g/mol. The molecule has 1 aliphatic carbocycles. The maximum atomic E-state index is 5.64. The summed E-state index contributed by atoms with van der Waals surface area (Å²) in [6.45, 7) is 5.22. The van der Waals surface area contributed by atoms with Crippen LogP contribution >= 0.6 is 0 Å².